The molecule has 0 saturated heterocycles. The van der Waals surface area contributed by atoms with Gasteiger partial charge in [0, 0.05) is 36.5 Å². The van der Waals surface area contributed by atoms with Crippen molar-refractivity contribution in [3.63, 3.8) is 0 Å². The summed E-state index contributed by atoms with van der Waals surface area (Å²) in [6.07, 6.45) is 1.63. The normalized spacial score (nSPS) is 10.0. The number of non-ortho nitro benzene ring substituents is 1. The van der Waals surface area contributed by atoms with Crippen LogP contribution >= 0.6 is 0 Å². The third-order valence-electron chi connectivity index (χ3n) is 2.56. The third kappa shape index (κ3) is 3.03. The Kier molecular flexibility index (Phi) is 4.63. The van der Waals surface area contributed by atoms with Crippen molar-refractivity contribution in [2.24, 2.45) is 0 Å². The first kappa shape index (κ1) is 13.2. The molecule has 0 saturated carbocycles. The molecule has 0 aliphatic rings. The van der Waals surface area contributed by atoms with Gasteiger partial charge < -0.3 is 4.90 Å². The molecule has 0 fully saturated rings. The van der Waals surface area contributed by atoms with Crippen LogP contribution in [0.1, 0.15) is 30.6 Å². The Morgan fingerprint density at radius 1 is 1.41 bits per heavy atom. The Balaban J connectivity index is 3.15. The zero-order valence-electron chi connectivity index (χ0n) is 10.0. The van der Waals surface area contributed by atoms with Crippen molar-refractivity contribution >= 4 is 17.7 Å². The second-order valence-corrected chi connectivity index (χ2v) is 3.70. The second-order valence-electron chi connectivity index (χ2n) is 3.70. The van der Waals surface area contributed by atoms with Crippen molar-refractivity contribution in [3.8, 4) is 0 Å². The molecule has 0 bridgehead atoms. The van der Waals surface area contributed by atoms with Gasteiger partial charge in [0.05, 0.1) is 4.92 Å². The second kappa shape index (κ2) is 5.98. The van der Waals surface area contributed by atoms with Gasteiger partial charge in [0.1, 0.15) is 0 Å². The summed E-state index contributed by atoms with van der Waals surface area (Å²) in [5.74, 6) is 0. The Morgan fingerprint density at radius 2 is 2.12 bits per heavy atom. The molecule has 92 valence electrons. The summed E-state index contributed by atoms with van der Waals surface area (Å²) in [6.45, 7) is 5.64. The average Bonchev–Trinajstić information content (AvgIpc) is 2.35. The minimum absolute atomic E-state index is 0.0524. The van der Waals surface area contributed by atoms with Gasteiger partial charge in [-0.15, -0.1) is 0 Å². The zero-order valence-corrected chi connectivity index (χ0v) is 10.0. The van der Waals surface area contributed by atoms with E-state index in [4.69, 9.17) is 0 Å². The highest BCUT2D eigenvalue weighted by atomic mass is 16.6. The monoisotopic (exact) mass is 236 g/mol. The van der Waals surface area contributed by atoms with Crippen molar-refractivity contribution in [2.75, 3.05) is 18.0 Å². The standard InChI is InChI=1S/C12H16N2O3/c1-3-7-13(4-2)12-6-5-11(14(16)17)8-10(12)9-15/h5-6,8-9H,3-4,7H2,1-2H3. The van der Waals surface area contributed by atoms with E-state index in [0.717, 1.165) is 25.2 Å². The van der Waals surface area contributed by atoms with Crippen molar-refractivity contribution < 1.29 is 9.72 Å². The number of nitro benzene ring substituents is 1. The van der Waals surface area contributed by atoms with Crippen LogP contribution in [0.2, 0.25) is 0 Å². The molecule has 17 heavy (non-hydrogen) atoms. The van der Waals surface area contributed by atoms with E-state index in [1.165, 1.54) is 12.1 Å². The minimum Gasteiger partial charge on any atom is -0.371 e. The molecule has 0 unspecified atom stereocenters. The van der Waals surface area contributed by atoms with Crippen LogP contribution in [0.4, 0.5) is 11.4 Å². The first-order valence-electron chi connectivity index (χ1n) is 5.62. The molecule has 0 amide bonds. The molecular formula is C12H16N2O3. The van der Waals surface area contributed by atoms with E-state index in [9.17, 15) is 14.9 Å². The molecule has 0 aromatic heterocycles. The Labute approximate surface area is 100 Å². The molecule has 0 aliphatic heterocycles. The summed E-state index contributed by atoms with van der Waals surface area (Å²) in [6, 6.07) is 4.39. The number of nitro groups is 1. The Hall–Kier alpha value is -1.91. The molecule has 0 radical (unpaired) electrons. The smallest absolute Gasteiger partial charge is 0.270 e. The molecule has 5 heteroatoms. The van der Waals surface area contributed by atoms with Gasteiger partial charge in [-0.3, -0.25) is 14.9 Å². The van der Waals surface area contributed by atoms with Gasteiger partial charge in [0.15, 0.2) is 6.29 Å². The number of rotatable bonds is 6. The van der Waals surface area contributed by atoms with Crippen LogP contribution in [0.15, 0.2) is 18.2 Å². The lowest BCUT2D eigenvalue weighted by Gasteiger charge is -2.23. The first-order chi connectivity index (χ1) is 8.13. The van der Waals surface area contributed by atoms with Gasteiger partial charge in [0.25, 0.3) is 5.69 Å². The number of hydrogen-bond acceptors (Lipinski definition) is 4. The van der Waals surface area contributed by atoms with Crippen molar-refractivity contribution in [2.45, 2.75) is 20.3 Å². The summed E-state index contributed by atoms with van der Waals surface area (Å²) >= 11 is 0. The van der Waals surface area contributed by atoms with E-state index < -0.39 is 4.92 Å². The van der Waals surface area contributed by atoms with E-state index in [-0.39, 0.29) is 5.69 Å². The largest absolute Gasteiger partial charge is 0.371 e. The third-order valence-corrected chi connectivity index (χ3v) is 2.56. The average molecular weight is 236 g/mol. The van der Waals surface area contributed by atoms with E-state index in [0.29, 0.717) is 11.8 Å². The van der Waals surface area contributed by atoms with Crippen LogP contribution < -0.4 is 4.90 Å². The Morgan fingerprint density at radius 3 is 2.59 bits per heavy atom. The van der Waals surface area contributed by atoms with Crippen molar-refractivity contribution in [1.82, 2.24) is 0 Å². The molecule has 1 aromatic carbocycles. The molecule has 1 rings (SSSR count). The number of nitrogens with zero attached hydrogens (tertiary/aromatic N) is 2. The summed E-state index contributed by atoms with van der Waals surface area (Å²) in [5.41, 5.74) is 1.08. The van der Waals surface area contributed by atoms with Gasteiger partial charge in [-0.05, 0) is 19.4 Å². The number of carbonyl (C=O) groups excluding carboxylic acids is 1. The van der Waals surface area contributed by atoms with Gasteiger partial charge in [0.2, 0.25) is 0 Å². The molecule has 1 aromatic rings. The quantitative estimate of drug-likeness (QED) is 0.432. The lowest BCUT2D eigenvalue weighted by molar-refractivity contribution is -0.384. The highest BCUT2D eigenvalue weighted by Gasteiger charge is 2.13. The molecule has 0 N–H and O–H groups in total. The maximum Gasteiger partial charge on any atom is 0.270 e. The number of carbonyl (C=O) groups is 1. The molecule has 0 atom stereocenters. The van der Waals surface area contributed by atoms with Crippen LogP contribution in [0.5, 0.6) is 0 Å². The molecule has 0 spiro atoms. The maximum atomic E-state index is 11.0. The summed E-state index contributed by atoms with van der Waals surface area (Å²) in [4.78, 5) is 23.1. The molecule has 0 heterocycles. The lowest BCUT2D eigenvalue weighted by atomic mass is 10.1. The molecule has 5 nitrogen and oxygen atoms in total. The Bertz CT molecular complexity index is 418. The highest BCUT2D eigenvalue weighted by Crippen LogP contribution is 2.24. The first-order valence-corrected chi connectivity index (χ1v) is 5.62. The van der Waals surface area contributed by atoms with E-state index in [2.05, 4.69) is 6.92 Å². The van der Waals surface area contributed by atoms with E-state index >= 15 is 0 Å². The van der Waals surface area contributed by atoms with Crippen LogP contribution in [0.3, 0.4) is 0 Å². The molecule has 0 aliphatic carbocycles. The van der Waals surface area contributed by atoms with Crippen LogP contribution in [-0.4, -0.2) is 24.3 Å². The highest BCUT2D eigenvalue weighted by molar-refractivity contribution is 5.85. The fourth-order valence-corrected chi connectivity index (χ4v) is 1.76. The van der Waals surface area contributed by atoms with Crippen molar-refractivity contribution in [1.29, 1.82) is 0 Å². The van der Waals surface area contributed by atoms with Gasteiger partial charge in [-0.2, -0.15) is 0 Å². The molecular weight excluding hydrogens is 220 g/mol. The van der Waals surface area contributed by atoms with Gasteiger partial charge in [-0.25, -0.2) is 0 Å². The number of aldehydes is 1. The fourth-order valence-electron chi connectivity index (χ4n) is 1.76. The lowest BCUT2D eigenvalue weighted by Crippen LogP contribution is -2.24. The summed E-state index contributed by atoms with van der Waals surface area (Å²) in [5, 5.41) is 10.6. The predicted octanol–water partition coefficient (Wildman–Crippen LogP) is 2.64. The zero-order chi connectivity index (χ0) is 12.8. The van der Waals surface area contributed by atoms with Gasteiger partial charge >= 0.3 is 0 Å². The fraction of sp³-hybridized carbons (Fsp3) is 0.417. The van der Waals surface area contributed by atoms with E-state index in [1.807, 2.05) is 11.8 Å². The maximum absolute atomic E-state index is 11.0. The predicted molar refractivity (Wildman–Crippen MR) is 66.7 cm³/mol. The van der Waals surface area contributed by atoms with Crippen LogP contribution in [-0.2, 0) is 0 Å². The summed E-state index contributed by atoms with van der Waals surface area (Å²) < 4.78 is 0. The van der Waals surface area contributed by atoms with Crippen LogP contribution in [0, 0.1) is 10.1 Å². The van der Waals surface area contributed by atoms with Gasteiger partial charge in [-0.1, -0.05) is 6.92 Å². The minimum atomic E-state index is -0.493. The van der Waals surface area contributed by atoms with Crippen LogP contribution in [0.25, 0.3) is 0 Å². The topological polar surface area (TPSA) is 63.4 Å². The number of benzene rings is 1. The number of anilines is 1. The summed E-state index contributed by atoms with van der Waals surface area (Å²) in [7, 11) is 0. The van der Waals surface area contributed by atoms with E-state index in [1.54, 1.807) is 6.07 Å². The number of hydrogen-bond donors (Lipinski definition) is 0. The van der Waals surface area contributed by atoms with Crippen molar-refractivity contribution in [3.05, 3.63) is 33.9 Å². The SMILES string of the molecule is CCCN(CC)c1ccc([N+](=O)[O-])cc1C=O.